The van der Waals surface area contributed by atoms with E-state index in [4.69, 9.17) is 0 Å². The first kappa shape index (κ1) is 15.1. The smallest absolute Gasteiger partial charge is 0.317 e. The molecule has 0 unspecified atom stereocenters. The quantitative estimate of drug-likeness (QED) is 0.811. The number of hydrogen-bond donors (Lipinski definition) is 1. The lowest BCUT2D eigenvalue weighted by molar-refractivity contribution is 0.190. The van der Waals surface area contributed by atoms with E-state index in [1.54, 1.807) is 11.3 Å². The second kappa shape index (κ2) is 6.97. The monoisotopic (exact) mass is 314 g/mol. The van der Waals surface area contributed by atoms with Gasteiger partial charge in [0.2, 0.25) is 0 Å². The Kier molecular flexibility index (Phi) is 4.78. The highest BCUT2D eigenvalue weighted by Gasteiger charge is 2.28. The number of carbonyl (C=O) groups is 1. The van der Waals surface area contributed by atoms with Crippen LogP contribution < -0.4 is 5.32 Å². The van der Waals surface area contributed by atoms with Gasteiger partial charge in [0.1, 0.15) is 0 Å². The lowest BCUT2D eigenvalue weighted by Crippen LogP contribution is -2.38. The SMILES string of the molecule is Cc1ccsc1[C@H]1CCCCCN1C(=O)Nc1ccccc1. The number of benzene rings is 1. The standard InChI is InChI=1S/C18H22N2OS/c1-14-11-13-22-17(14)16-10-6-3-7-12-20(16)18(21)19-15-8-4-2-5-9-15/h2,4-5,8-9,11,13,16H,3,6-7,10,12H2,1H3,(H,19,21)/t16-/m1/s1. The van der Waals surface area contributed by atoms with Gasteiger partial charge in [-0.3, -0.25) is 0 Å². The fourth-order valence-electron chi connectivity index (χ4n) is 3.07. The average molecular weight is 314 g/mol. The molecule has 1 N–H and O–H groups in total. The van der Waals surface area contributed by atoms with Gasteiger partial charge in [-0.25, -0.2) is 4.79 Å². The zero-order chi connectivity index (χ0) is 15.4. The molecule has 0 aliphatic carbocycles. The molecule has 1 aromatic carbocycles. The summed E-state index contributed by atoms with van der Waals surface area (Å²) in [6.07, 6.45) is 4.54. The van der Waals surface area contributed by atoms with Gasteiger partial charge in [0.05, 0.1) is 6.04 Å². The predicted molar refractivity (Wildman–Crippen MR) is 92.4 cm³/mol. The minimum atomic E-state index is 0.0194. The summed E-state index contributed by atoms with van der Waals surface area (Å²) in [5, 5.41) is 5.17. The molecule has 1 aliphatic heterocycles. The molecule has 0 radical (unpaired) electrons. The highest BCUT2D eigenvalue weighted by Crippen LogP contribution is 2.35. The van der Waals surface area contributed by atoms with Gasteiger partial charge in [-0.15, -0.1) is 11.3 Å². The topological polar surface area (TPSA) is 32.3 Å². The van der Waals surface area contributed by atoms with Crippen molar-refractivity contribution < 1.29 is 4.79 Å². The first-order valence-corrected chi connectivity index (χ1v) is 8.80. The fourth-order valence-corrected chi connectivity index (χ4v) is 4.14. The van der Waals surface area contributed by atoms with Crippen molar-refractivity contribution >= 4 is 23.1 Å². The third-order valence-corrected chi connectivity index (χ3v) is 5.36. The van der Waals surface area contributed by atoms with Crippen molar-refractivity contribution in [1.29, 1.82) is 0 Å². The van der Waals surface area contributed by atoms with Crippen LogP contribution in [0.15, 0.2) is 41.8 Å². The van der Waals surface area contributed by atoms with Crippen molar-refractivity contribution in [3.8, 4) is 0 Å². The molecule has 0 spiro atoms. The van der Waals surface area contributed by atoms with Crippen molar-refractivity contribution in [1.82, 2.24) is 4.90 Å². The van der Waals surface area contributed by atoms with Gasteiger partial charge in [0.25, 0.3) is 0 Å². The van der Waals surface area contributed by atoms with E-state index in [1.165, 1.54) is 23.3 Å². The minimum Gasteiger partial charge on any atom is -0.317 e. The Bertz CT molecular complexity index is 623. The minimum absolute atomic E-state index is 0.0194. The molecule has 1 aliphatic rings. The number of aryl methyl sites for hydroxylation is 1. The van der Waals surface area contributed by atoms with Gasteiger partial charge in [-0.2, -0.15) is 0 Å². The molecular formula is C18H22N2OS. The van der Waals surface area contributed by atoms with Crippen molar-refractivity contribution in [3.05, 3.63) is 52.2 Å². The summed E-state index contributed by atoms with van der Waals surface area (Å²) in [4.78, 5) is 16.1. The van der Waals surface area contributed by atoms with E-state index in [1.807, 2.05) is 35.2 Å². The average Bonchev–Trinajstić information content (AvgIpc) is 2.81. The summed E-state index contributed by atoms with van der Waals surface area (Å²) in [6.45, 7) is 2.98. The molecule has 22 heavy (non-hydrogen) atoms. The van der Waals surface area contributed by atoms with Crippen LogP contribution in [0.4, 0.5) is 10.5 Å². The second-order valence-corrected chi connectivity index (χ2v) is 6.77. The predicted octanol–water partition coefficient (Wildman–Crippen LogP) is 5.21. The number of hydrogen-bond acceptors (Lipinski definition) is 2. The normalized spacial score (nSPS) is 18.8. The Hall–Kier alpha value is -1.81. The number of para-hydroxylation sites is 1. The van der Waals surface area contributed by atoms with Gasteiger partial charge in [-0.1, -0.05) is 31.0 Å². The van der Waals surface area contributed by atoms with Crippen LogP contribution in [0.1, 0.15) is 42.2 Å². The molecule has 2 amide bonds. The van der Waals surface area contributed by atoms with E-state index in [-0.39, 0.29) is 12.1 Å². The van der Waals surface area contributed by atoms with Crippen molar-refractivity contribution in [2.75, 3.05) is 11.9 Å². The number of amides is 2. The molecule has 1 fully saturated rings. The highest BCUT2D eigenvalue weighted by molar-refractivity contribution is 7.10. The number of likely N-dealkylation sites (tertiary alicyclic amines) is 1. The highest BCUT2D eigenvalue weighted by atomic mass is 32.1. The van der Waals surface area contributed by atoms with Crippen molar-refractivity contribution in [2.45, 2.75) is 38.6 Å². The molecule has 3 rings (SSSR count). The largest absolute Gasteiger partial charge is 0.322 e. The molecule has 2 heterocycles. The molecule has 1 atom stereocenters. The van der Waals surface area contributed by atoms with Crippen LogP contribution >= 0.6 is 11.3 Å². The molecule has 1 saturated heterocycles. The number of nitrogens with one attached hydrogen (secondary N) is 1. The molecule has 0 bridgehead atoms. The van der Waals surface area contributed by atoms with Gasteiger partial charge in [-0.05, 0) is 48.9 Å². The van der Waals surface area contributed by atoms with Crippen molar-refractivity contribution in [3.63, 3.8) is 0 Å². The van der Waals surface area contributed by atoms with E-state index >= 15 is 0 Å². The lowest BCUT2D eigenvalue weighted by Gasteiger charge is -2.30. The van der Waals surface area contributed by atoms with E-state index in [0.717, 1.165) is 25.1 Å². The van der Waals surface area contributed by atoms with Gasteiger partial charge >= 0.3 is 6.03 Å². The molecule has 0 saturated carbocycles. The summed E-state index contributed by atoms with van der Waals surface area (Å²) in [7, 11) is 0. The molecule has 4 heteroatoms. The van der Waals surface area contributed by atoms with E-state index < -0.39 is 0 Å². The maximum atomic E-state index is 12.8. The van der Waals surface area contributed by atoms with E-state index in [0.29, 0.717) is 0 Å². The Balaban J connectivity index is 1.81. The van der Waals surface area contributed by atoms with Crippen LogP contribution in [-0.4, -0.2) is 17.5 Å². The number of thiophene rings is 1. The summed E-state index contributed by atoms with van der Waals surface area (Å²) in [5.41, 5.74) is 2.16. The number of anilines is 1. The Morgan fingerprint density at radius 3 is 2.73 bits per heavy atom. The number of rotatable bonds is 2. The summed E-state index contributed by atoms with van der Waals surface area (Å²) in [6, 6.07) is 12.1. The zero-order valence-electron chi connectivity index (χ0n) is 12.9. The number of carbonyl (C=O) groups excluding carboxylic acids is 1. The third-order valence-electron chi connectivity index (χ3n) is 4.24. The molecule has 116 valence electrons. The lowest BCUT2D eigenvalue weighted by atomic mass is 10.1. The maximum absolute atomic E-state index is 12.8. The molecular weight excluding hydrogens is 292 g/mol. The van der Waals surface area contributed by atoms with Gasteiger partial charge < -0.3 is 10.2 Å². The Morgan fingerprint density at radius 2 is 2.00 bits per heavy atom. The first-order valence-electron chi connectivity index (χ1n) is 7.92. The van der Waals surface area contributed by atoms with Crippen LogP contribution in [0.2, 0.25) is 0 Å². The van der Waals surface area contributed by atoms with Crippen LogP contribution in [0.3, 0.4) is 0 Å². The molecule has 3 nitrogen and oxygen atoms in total. The summed E-state index contributed by atoms with van der Waals surface area (Å²) < 4.78 is 0. The third kappa shape index (κ3) is 3.33. The number of urea groups is 1. The molecule has 2 aromatic rings. The first-order chi connectivity index (χ1) is 10.8. The summed E-state index contributed by atoms with van der Waals surface area (Å²) >= 11 is 1.77. The Morgan fingerprint density at radius 1 is 1.18 bits per heavy atom. The van der Waals surface area contributed by atoms with Gasteiger partial charge in [0.15, 0.2) is 0 Å². The van der Waals surface area contributed by atoms with Crippen LogP contribution in [0.5, 0.6) is 0 Å². The maximum Gasteiger partial charge on any atom is 0.322 e. The number of nitrogens with zero attached hydrogens (tertiary/aromatic N) is 1. The summed E-state index contributed by atoms with van der Waals surface area (Å²) in [5.74, 6) is 0. The van der Waals surface area contributed by atoms with Gasteiger partial charge in [0, 0.05) is 17.1 Å². The van der Waals surface area contributed by atoms with Crippen LogP contribution in [0.25, 0.3) is 0 Å². The second-order valence-electron chi connectivity index (χ2n) is 5.82. The van der Waals surface area contributed by atoms with Crippen molar-refractivity contribution in [2.24, 2.45) is 0 Å². The fraction of sp³-hybridized carbons (Fsp3) is 0.389. The Labute approximate surface area is 136 Å². The van der Waals surface area contributed by atoms with E-state index in [9.17, 15) is 4.79 Å². The van der Waals surface area contributed by atoms with Crippen LogP contribution in [0, 0.1) is 6.92 Å². The van der Waals surface area contributed by atoms with Crippen LogP contribution in [-0.2, 0) is 0 Å². The van der Waals surface area contributed by atoms with E-state index in [2.05, 4.69) is 23.7 Å². The molecule has 1 aromatic heterocycles. The zero-order valence-corrected chi connectivity index (χ0v) is 13.7.